The summed E-state index contributed by atoms with van der Waals surface area (Å²) >= 11 is 0. The number of benzene rings is 1. The second-order valence-electron chi connectivity index (χ2n) is 6.24. The zero-order chi connectivity index (χ0) is 12.7. The fraction of sp³-hybridized carbons (Fsp3) is 0.625. The van der Waals surface area contributed by atoms with Crippen molar-refractivity contribution in [1.29, 1.82) is 0 Å². The lowest BCUT2D eigenvalue weighted by atomic mass is 10.0. The SMILES string of the molecule is Cc1ccc(C(N)CN2CC3CCC2C3)cc1C. The maximum Gasteiger partial charge on any atom is 0.0424 e. The Morgan fingerprint density at radius 1 is 1.28 bits per heavy atom. The van der Waals surface area contributed by atoms with Crippen LogP contribution in [0, 0.1) is 19.8 Å². The monoisotopic (exact) mass is 244 g/mol. The summed E-state index contributed by atoms with van der Waals surface area (Å²) in [7, 11) is 0. The van der Waals surface area contributed by atoms with Gasteiger partial charge in [0.2, 0.25) is 0 Å². The standard InChI is InChI=1S/C16H24N2/c1-11-3-5-14(7-12(11)2)16(17)10-18-9-13-4-6-15(18)8-13/h3,5,7,13,15-16H,4,6,8-10,17H2,1-2H3. The van der Waals surface area contributed by atoms with E-state index in [-0.39, 0.29) is 6.04 Å². The van der Waals surface area contributed by atoms with Crippen LogP contribution in [-0.4, -0.2) is 24.0 Å². The van der Waals surface area contributed by atoms with Crippen molar-refractivity contribution < 1.29 is 0 Å². The van der Waals surface area contributed by atoms with Crippen LogP contribution < -0.4 is 5.73 Å². The minimum absolute atomic E-state index is 0.170. The Bertz CT molecular complexity index is 441. The quantitative estimate of drug-likeness (QED) is 0.886. The Labute approximate surface area is 110 Å². The second kappa shape index (κ2) is 4.67. The Hall–Kier alpha value is -0.860. The molecule has 0 amide bonds. The van der Waals surface area contributed by atoms with Gasteiger partial charge >= 0.3 is 0 Å². The van der Waals surface area contributed by atoms with Crippen molar-refractivity contribution in [2.75, 3.05) is 13.1 Å². The van der Waals surface area contributed by atoms with Gasteiger partial charge < -0.3 is 5.73 Å². The number of aryl methyl sites for hydroxylation is 2. The number of nitrogens with zero attached hydrogens (tertiary/aromatic N) is 1. The summed E-state index contributed by atoms with van der Waals surface area (Å²) in [6.07, 6.45) is 4.25. The van der Waals surface area contributed by atoms with Gasteiger partial charge in [-0.15, -0.1) is 0 Å². The zero-order valence-electron chi connectivity index (χ0n) is 11.5. The van der Waals surface area contributed by atoms with Crippen molar-refractivity contribution >= 4 is 0 Å². The van der Waals surface area contributed by atoms with E-state index in [2.05, 4.69) is 36.9 Å². The van der Waals surface area contributed by atoms with Crippen LogP contribution in [0.5, 0.6) is 0 Å². The van der Waals surface area contributed by atoms with Crippen molar-refractivity contribution in [3.05, 3.63) is 34.9 Å². The van der Waals surface area contributed by atoms with Crippen LogP contribution in [0.15, 0.2) is 18.2 Å². The third-order valence-electron chi connectivity index (χ3n) is 4.91. The fourth-order valence-electron chi connectivity index (χ4n) is 3.60. The van der Waals surface area contributed by atoms with Gasteiger partial charge in [0.15, 0.2) is 0 Å². The average molecular weight is 244 g/mol. The Balaban J connectivity index is 1.67. The molecule has 2 heteroatoms. The number of fused-ring (bicyclic) bond motifs is 2. The van der Waals surface area contributed by atoms with Crippen LogP contribution in [0.2, 0.25) is 0 Å². The molecule has 1 aromatic carbocycles. The molecule has 2 nitrogen and oxygen atoms in total. The summed E-state index contributed by atoms with van der Waals surface area (Å²) in [6, 6.07) is 7.65. The van der Waals surface area contributed by atoms with E-state index in [4.69, 9.17) is 5.73 Å². The van der Waals surface area contributed by atoms with Crippen LogP contribution in [-0.2, 0) is 0 Å². The Morgan fingerprint density at radius 2 is 2.11 bits per heavy atom. The van der Waals surface area contributed by atoms with Crippen molar-refractivity contribution in [3.8, 4) is 0 Å². The molecule has 0 spiro atoms. The molecule has 3 rings (SSSR count). The van der Waals surface area contributed by atoms with E-state index in [9.17, 15) is 0 Å². The summed E-state index contributed by atoms with van der Waals surface area (Å²) in [4.78, 5) is 2.62. The van der Waals surface area contributed by atoms with Gasteiger partial charge in [0.05, 0.1) is 0 Å². The van der Waals surface area contributed by atoms with Crippen molar-refractivity contribution in [1.82, 2.24) is 4.90 Å². The van der Waals surface area contributed by atoms with Gasteiger partial charge in [-0.05, 0) is 55.7 Å². The lowest BCUT2D eigenvalue weighted by Crippen LogP contribution is -2.37. The largest absolute Gasteiger partial charge is 0.323 e. The normalized spacial score (nSPS) is 28.8. The van der Waals surface area contributed by atoms with E-state index in [1.54, 1.807) is 0 Å². The Kier molecular flexibility index (Phi) is 3.16. The highest BCUT2D eigenvalue weighted by molar-refractivity contribution is 5.31. The first-order chi connectivity index (χ1) is 8.63. The first-order valence-corrected chi connectivity index (χ1v) is 7.20. The molecule has 3 atom stereocenters. The van der Waals surface area contributed by atoms with E-state index < -0.39 is 0 Å². The number of piperidine rings is 1. The highest BCUT2D eigenvalue weighted by atomic mass is 15.2. The minimum Gasteiger partial charge on any atom is -0.323 e. The molecule has 1 heterocycles. The van der Waals surface area contributed by atoms with E-state index in [0.717, 1.165) is 18.5 Å². The van der Waals surface area contributed by atoms with Crippen LogP contribution in [0.3, 0.4) is 0 Å². The van der Waals surface area contributed by atoms with Gasteiger partial charge in [0.1, 0.15) is 0 Å². The summed E-state index contributed by atoms with van der Waals surface area (Å²) in [6.45, 7) is 6.64. The lowest BCUT2D eigenvalue weighted by molar-refractivity contribution is 0.202. The molecule has 1 saturated heterocycles. The van der Waals surface area contributed by atoms with Crippen molar-refractivity contribution in [2.45, 2.75) is 45.2 Å². The van der Waals surface area contributed by atoms with Crippen LogP contribution in [0.25, 0.3) is 0 Å². The number of hydrogen-bond donors (Lipinski definition) is 1. The van der Waals surface area contributed by atoms with Gasteiger partial charge in [-0.3, -0.25) is 4.90 Å². The van der Waals surface area contributed by atoms with Gasteiger partial charge in [0.25, 0.3) is 0 Å². The van der Waals surface area contributed by atoms with Crippen molar-refractivity contribution in [2.24, 2.45) is 11.7 Å². The summed E-state index contributed by atoms with van der Waals surface area (Å²) in [5.74, 6) is 0.960. The van der Waals surface area contributed by atoms with E-state index in [0.29, 0.717) is 0 Å². The maximum absolute atomic E-state index is 6.38. The predicted octanol–water partition coefficient (Wildman–Crippen LogP) is 2.79. The molecular weight excluding hydrogens is 220 g/mol. The second-order valence-corrected chi connectivity index (χ2v) is 6.24. The summed E-state index contributed by atoms with van der Waals surface area (Å²) in [5.41, 5.74) is 10.4. The van der Waals surface area contributed by atoms with Gasteiger partial charge in [-0.2, -0.15) is 0 Å². The van der Waals surface area contributed by atoms with Crippen LogP contribution in [0.4, 0.5) is 0 Å². The van der Waals surface area contributed by atoms with Crippen LogP contribution in [0.1, 0.15) is 42.0 Å². The average Bonchev–Trinajstić information content (AvgIpc) is 2.94. The molecule has 1 aliphatic carbocycles. The van der Waals surface area contributed by atoms with Crippen molar-refractivity contribution in [3.63, 3.8) is 0 Å². The topological polar surface area (TPSA) is 29.3 Å². The smallest absolute Gasteiger partial charge is 0.0424 e. The number of rotatable bonds is 3. The fourth-order valence-corrected chi connectivity index (χ4v) is 3.60. The minimum atomic E-state index is 0.170. The highest BCUT2D eigenvalue weighted by Gasteiger charge is 2.38. The van der Waals surface area contributed by atoms with E-state index in [1.807, 2.05) is 0 Å². The molecule has 2 N–H and O–H groups in total. The van der Waals surface area contributed by atoms with E-state index >= 15 is 0 Å². The third kappa shape index (κ3) is 2.19. The first kappa shape index (κ1) is 12.2. The highest BCUT2D eigenvalue weighted by Crippen LogP contribution is 2.37. The molecule has 0 aromatic heterocycles. The lowest BCUT2D eigenvalue weighted by Gasteiger charge is -2.29. The third-order valence-corrected chi connectivity index (χ3v) is 4.91. The van der Waals surface area contributed by atoms with Crippen LogP contribution >= 0.6 is 0 Å². The molecule has 2 fully saturated rings. The molecule has 1 aromatic rings. The molecule has 2 bridgehead atoms. The number of likely N-dealkylation sites (tertiary alicyclic amines) is 1. The Morgan fingerprint density at radius 3 is 2.72 bits per heavy atom. The summed E-state index contributed by atoms with van der Waals surface area (Å²) in [5, 5.41) is 0. The maximum atomic E-state index is 6.38. The van der Waals surface area contributed by atoms with Gasteiger partial charge in [0, 0.05) is 25.2 Å². The molecule has 2 aliphatic rings. The molecule has 0 radical (unpaired) electrons. The van der Waals surface area contributed by atoms with Gasteiger partial charge in [-0.25, -0.2) is 0 Å². The number of hydrogen-bond acceptors (Lipinski definition) is 2. The molecule has 1 aliphatic heterocycles. The zero-order valence-corrected chi connectivity index (χ0v) is 11.5. The van der Waals surface area contributed by atoms with Gasteiger partial charge in [-0.1, -0.05) is 18.2 Å². The molecule has 1 saturated carbocycles. The molecule has 98 valence electrons. The number of nitrogens with two attached hydrogens (primary N) is 1. The molecule has 18 heavy (non-hydrogen) atoms. The molecule has 3 unspecified atom stereocenters. The molecular formula is C16H24N2. The predicted molar refractivity (Wildman–Crippen MR) is 75.5 cm³/mol. The van der Waals surface area contributed by atoms with E-state index in [1.165, 1.54) is 42.5 Å². The summed E-state index contributed by atoms with van der Waals surface area (Å²) < 4.78 is 0. The first-order valence-electron chi connectivity index (χ1n) is 7.20.